The Balaban J connectivity index is 1.11. The maximum atomic E-state index is 12.8. The number of aromatic nitrogens is 2. The summed E-state index contributed by atoms with van der Waals surface area (Å²) >= 11 is 0. The summed E-state index contributed by atoms with van der Waals surface area (Å²) in [4.78, 5) is 33.4. The molecule has 2 saturated carbocycles. The number of imidazole rings is 1. The Morgan fingerprint density at radius 2 is 1.53 bits per heavy atom. The molecule has 0 saturated heterocycles. The van der Waals surface area contributed by atoms with E-state index in [-0.39, 0.29) is 23.7 Å². The van der Waals surface area contributed by atoms with E-state index in [9.17, 15) is 9.59 Å². The fourth-order valence-corrected chi connectivity index (χ4v) is 5.33. The van der Waals surface area contributed by atoms with Gasteiger partial charge >= 0.3 is 0 Å². The fraction of sp³-hybridized carbons (Fsp3) is 0.300. The summed E-state index contributed by atoms with van der Waals surface area (Å²) in [5, 5.41) is 6.13. The maximum absolute atomic E-state index is 12.8. The summed E-state index contributed by atoms with van der Waals surface area (Å²) in [7, 11) is 0. The van der Waals surface area contributed by atoms with Crippen LogP contribution in [-0.2, 0) is 9.59 Å². The van der Waals surface area contributed by atoms with Crippen LogP contribution in [0, 0.1) is 11.8 Å². The van der Waals surface area contributed by atoms with Crippen LogP contribution in [0.5, 0.6) is 0 Å². The van der Waals surface area contributed by atoms with Crippen LogP contribution >= 0.6 is 0 Å². The topological polar surface area (TPSA) is 86.9 Å². The van der Waals surface area contributed by atoms with Crippen LogP contribution in [-0.4, -0.2) is 21.8 Å². The lowest BCUT2D eigenvalue weighted by Crippen LogP contribution is -2.24. The van der Waals surface area contributed by atoms with E-state index in [1.165, 1.54) is 12.0 Å². The monoisotopic (exact) mass is 478 g/mol. The van der Waals surface area contributed by atoms with E-state index in [0.717, 1.165) is 65.9 Å². The number of carbonyl (C=O) groups excluding carboxylic acids is 2. The smallest absolute Gasteiger partial charge is 0.228 e. The van der Waals surface area contributed by atoms with Gasteiger partial charge in [-0.3, -0.25) is 9.59 Å². The van der Waals surface area contributed by atoms with Gasteiger partial charge in [-0.15, -0.1) is 0 Å². The molecular weight excluding hydrogens is 448 g/mol. The molecule has 4 aromatic rings. The third kappa shape index (κ3) is 4.76. The average molecular weight is 479 g/mol. The second-order valence-electron chi connectivity index (χ2n) is 10.1. The Morgan fingerprint density at radius 3 is 2.31 bits per heavy atom. The number of hydrogen-bond donors (Lipinski definition) is 3. The first-order chi connectivity index (χ1) is 17.6. The molecule has 3 aromatic carbocycles. The first-order valence-corrected chi connectivity index (χ1v) is 12.9. The van der Waals surface area contributed by atoms with Crippen molar-refractivity contribution in [1.82, 2.24) is 9.97 Å². The largest absolute Gasteiger partial charge is 0.338 e. The lowest BCUT2D eigenvalue weighted by molar-refractivity contribution is -0.120. The molecule has 2 aliphatic carbocycles. The zero-order valence-corrected chi connectivity index (χ0v) is 20.2. The van der Waals surface area contributed by atoms with Gasteiger partial charge in [0.15, 0.2) is 0 Å². The molecule has 0 aliphatic heterocycles. The second kappa shape index (κ2) is 9.61. The van der Waals surface area contributed by atoms with Crippen molar-refractivity contribution in [2.45, 2.75) is 44.4 Å². The van der Waals surface area contributed by atoms with E-state index in [0.29, 0.717) is 5.92 Å². The Morgan fingerprint density at radius 1 is 0.806 bits per heavy atom. The number of anilines is 2. The number of aromatic amines is 1. The predicted molar refractivity (Wildman–Crippen MR) is 143 cm³/mol. The fourth-order valence-electron chi connectivity index (χ4n) is 5.33. The maximum Gasteiger partial charge on any atom is 0.228 e. The minimum absolute atomic E-state index is 0.0255. The van der Waals surface area contributed by atoms with Crippen LogP contribution in [0.2, 0.25) is 0 Å². The number of fused-ring (bicyclic) bond motifs is 1. The van der Waals surface area contributed by atoms with Crippen molar-refractivity contribution >= 4 is 34.2 Å². The highest BCUT2D eigenvalue weighted by molar-refractivity contribution is 5.97. The Hall–Kier alpha value is -3.93. The number of hydrogen-bond acceptors (Lipinski definition) is 3. The highest BCUT2D eigenvalue weighted by Gasteiger charge is 2.43. The molecule has 2 atom stereocenters. The van der Waals surface area contributed by atoms with E-state index in [1.54, 1.807) is 0 Å². The summed E-state index contributed by atoms with van der Waals surface area (Å²) in [5.41, 5.74) is 5.45. The third-order valence-electron chi connectivity index (χ3n) is 7.51. The molecule has 6 nitrogen and oxygen atoms in total. The van der Waals surface area contributed by atoms with Gasteiger partial charge in [0.2, 0.25) is 11.8 Å². The van der Waals surface area contributed by atoms with Gasteiger partial charge in [-0.1, -0.05) is 49.6 Å². The van der Waals surface area contributed by atoms with E-state index in [1.807, 2.05) is 60.7 Å². The molecule has 6 heteroatoms. The number of rotatable bonds is 6. The van der Waals surface area contributed by atoms with Crippen molar-refractivity contribution in [3.8, 4) is 11.4 Å². The van der Waals surface area contributed by atoms with Crippen molar-refractivity contribution in [3.05, 3.63) is 78.4 Å². The van der Waals surface area contributed by atoms with Crippen molar-refractivity contribution in [3.63, 3.8) is 0 Å². The van der Waals surface area contributed by atoms with Gasteiger partial charge < -0.3 is 15.6 Å². The van der Waals surface area contributed by atoms with Gasteiger partial charge in [0.25, 0.3) is 0 Å². The van der Waals surface area contributed by atoms with Crippen LogP contribution in [0.25, 0.3) is 22.4 Å². The second-order valence-corrected chi connectivity index (χ2v) is 10.1. The number of H-pyrrole nitrogens is 1. The zero-order chi connectivity index (χ0) is 24.5. The number of nitrogens with one attached hydrogen (secondary N) is 3. The average Bonchev–Trinajstić information content (AvgIpc) is 3.62. The molecule has 2 fully saturated rings. The van der Waals surface area contributed by atoms with Gasteiger partial charge in [0, 0.05) is 28.8 Å². The van der Waals surface area contributed by atoms with E-state index < -0.39 is 0 Å². The van der Waals surface area contributed by atoms with Crippen molar-refractivity contribution in [1.29, 1.82) is 0 Å². The molecular formula is C30H30N4O2. The predicted octanol–water partition coefficient (Wildman–Crippen LogP) is 6.49. The minimum atomic E-state index is 0.0255. The quantitative estimate of drug-likeness (QED) is 0.296. The van der Waals surface area contributed by atoms with E-state index in [2.05, 4.69) is 27.8 Å². The molecule has 6 rings (SSSR count). The minimum Gasteiger partial charge on any atom is -0.338 e. The molecule has 2 amide bonds. The summed E-state index contributed by atoms with van der Waals surface area (Å²) in [6, 6.07) is 23.8. The molecule has 1 heterocycles. The summed E-state index contributed by atoms with van der Waals surface area (Å²) < 4.78 is 0. The highest BCUT2D eigenvalue weighted by Crippen LogP contribution is 2.47. The number of benzene rings is 3. The molecule has 0 spiro atoms. The number of nitrogens with zero attached hydrogens (tertiary/aromatic N) is 1. The van der Waals surface area contributed by atoms with Crippen LogP contribution in [0.3, 0.4) is 0 Å². The van der Waals surface area contributed by atoms with Gasteiger partial charge in [-0.2, -0.15) is 0 Å². The highest BCUT2D eigenvalue weighted by atomic mass is 16.2. The van der Waals surface area contributed by atoms with Crippen molar-refractivity contribution in [2.75, 3.05) is 10.6 Å². The molecule has 0 bridgehead atoms. The summed E-state index contributed by atoms with van der Waals surface area (Å²) in [5.74, 6) is 1.41. The first-order valence-electron chi connectivity index (χ1n) is 12.9. The van der Waals surface area contributed by atoms with Crippen LogP contribution in [0.1, 0.15) is 50.0 Å². The van der Waals surface area contributed by atoms with Gasteiger partial charge in [-0.05, 0) is 73.2 Å². The molecule has 0 radical (unpaired) electrons. The first kappa shape index (κ1) is 22.5. The van der Waals surface area contributed by atoms with E-state index >= 15 is 0 Å². The Kier molecular flexibility index (Phi) is 6.01. The molecule has 3 N–H and O–H groups in total. The molecule has 2 aliphatic rings. The summed E-state index contributed by atoms with van der Waals surface area (Å²) in [6.07, 6.45) is 6.38. The number of carbonyl (C=O) groups is 2. The van der Waals surface area contributed by atoms with Crippen LogP contribution in [0.15, 0.2) is 72.8 Å². The number of amides is 2. The van der Waals surface area contributed by atoms with Crippen molar-refractivity contribution in [2.24, 2.45) is 11.8 Å². The normalized spacial score (nSPS) is 19.7. The van der Waals surface area contributed by atoms with Crippen molar-refractivity contribution < 1.29 is 9.59 Å². The van der Waals surface area contributed by atoms with Gasteiger partial charge in [-0.25, -0.2) is 4.98 Å². The van der Waals surface area contributed by atoms with Crippen LogP contribution < -0.4 is 10.6 Å². The zero-order valence-electron chi connectivity index (χ0n) is 20.2. The van der Waals surface area contributed by atoms with E-state index in [4.69, 9.17) is 4.98 Å². The molecule has 1 aromatic heterocycles. The third-order valence-corrected chi connectivity index (χ3v) is 7.51. The Labute approximate surface area is 210 Å². The lowest BCUT2D eigenvalue weighted by atomic mass is 9.88. The van der Waals surface area contributed by atoms with Crippen LogP contribution in [0.4, 0.5) is 11.4 Å². The Bertz CT molecular complexity index is 1390. The molecule has 182 valence electrons. The standard InChI is InChI=1S/C30H30N4O2/c35-29(21-9-5-2-6-10-21)31-22-13-11-20(12-14-22)28-33-26-16-15-23(17-27(26)34-28)32-30(36)25-18-24(25)19-7-3-1-4-8-19/h1,3-4,7-8,11-17,21,24-25H,2,5-6,9-10,18H2,(H,31,35)(H,32,36)(H,33,34). The SMILES string of the molecule is O=C(Nc1ccc(-c2nc3ccc(NC(=O)C4CC4c4ccccc4)cc3[nH]2)cc1)C1CCCCC1. The van der Waals surface area contributed by atoms with Gasteiger partial charge in [0.05, 0.1) is 11.0 Å². The lowest BCUT2D eigenvalue weighted by Gasteiger charge is -2.20. The molecule has 2 unspecified atom stereocenters. The summed E-state index contributed by atoms with van der Waals surface area (Å²) in [6.45, 7) is 0. The molecule has 36 heavy (non-hydrogen) atoms. The van der Waals surface area contributed by atoms with Gasteiger partial charge in [0.1, 0.15) is 5.82 Å².